The number of rotatable bonds is 2. The van der Waals surface area contributed by atoms with E-state index in [0.29, 0.717) is 0 Å². The Hall–Kier alpha value is 0.623. The first-order valence-corrected chi connectivity index (χ1v) is 3.41. The van der Waals surface area contributed by atoms with Crippen molar-refractivity contribution >= 4 is 0 Å². The molecule has 0 aromatic carbocycles. The average Bonchev–Trinajstić information content (AvgIpc) is 1.88. The van der Waals surface area contributed by atoms with E-state index in [4.69, 9.17) is 0 Å². The van der Waals surface area contributed by atoms with E-state index >= 15 is 0 Å². The number of hydrogen-bond donors (Lipinski definition) is 0. The van der Waals surface area contributed by atoms with E-state index in [2.05, 4.69) is 27.7 Å². The van der Waals surface area contributed by atoms with Crippen LogP contribution in [-0.2, 0) is 19.5 Å². The average molecular weight is 215 g/mol. The minimum absolute atomic E-state index is 0. The van der Waals surface area contributed by atoms with Crippen molar-refractivity contribution in [3.8, 4) is 0 Å². The molecule has 0 aliphatic rings. The van der Waals surface area contributed by atoms with E-state index in [1.54, 1.807) is 0 Å². The molecule has 0 rings (SSSR count). The predicted molar refractivity (Wildman–Crippen MR) is 40.5 cm³/mol. The summed E-state index contributed by atoms with van der Waals surface area (Å²) in [5.41, 5.74) is 0. The van der Waals surface area contributed by atoms with Crippen LogP contribution in [0.4, 0.5) is 0 Å². The van der Waals surface area contributed by atoms with E-state index < -0.39 is 0 Å². The van der Waals surface area contributed by atoms with Crippen molar-refractivity contribution in [1.29, 1.82) is 0 Å². The Morgan fingerprint density at radius 2 is 1.00 bits per heavy atom. The molecule has 0 N–H and O–H groups in total. The predicted octanol–water partition coefficient (Wildman–Crippen LogP) is 3.24. The summed E-state index contributed by atoms with van der Waals surface area (Å²) in [6.07, 6.45) is 4.56. The quantitative estimate of drug-likeness (QED) is 0.490. The van der Waals surface area contributed by atoms with Gasteiger partial charge in [0.25, 0.3) is 0 Å². The molecule has 0 heterocycles. The summed E-state index contributed by atoms with van der Waals surface area (Å²) in [6.45, 7) is 11.4. The van der Waals surface area contributed by atoms with Crippen LogP contribution in [0.3, 0.4) is 0 Å². The maximum atomic E-state index is 3.60. The van der Waals surface area contributed by atoms with Gasteiger partial charge in [-0.05, 0) is 0 Å². The molecule has 0 unspecified atom stereocenters. The van der Waals surface area contributed by atoms with Crippen LogP contribution in [0.1, 0.15) is 39.5 Å². The molecule has 0 aliphatic carbocycles. The van der Waals surface area contributed by atoms with Crippen molar-refractivity contribution in [3.63, 3.8) is 0 Å². The summed E-state index contributed by atoms with van der Waals surface area (Å²) in [6, 6.07) is 0. The van der Waals surface area contributed by atoms with Gasteiger partial charge in [-0.15, -0.1) is 0 Å². The normalized spacial score (nSPS) is 6.67. The van der Waals surface area contributed by atoms with Crippen molar-refractivity contribution in [2.75, 3.05) is 0 Å². The molecule has 0 spiro atoms. The fourth-order valence-corrected chi connectivity index (χ4v) is 0. The molecule has 0 aromatic rings. The van der Waals surface area contributed by atoms with Crippen molar-refractivity contribution in [2.24, 2.45) is 0 Å². The van der Waals surface area contributed by atoms with Crippen LogP contribution in [0.15, 0.2) is 0 Å². The van der Waals surface area contributed by atoms with Crippen LogP contribution in [0.5, 0.6) is 0 Å². The standard InChI is InChI=1S/2C4H9.Ru/c2*1-3-4-2;/h2*1,3-4H2,2H3;/q2*-1;+2. The maximum Gasteiger partial charge on any atom is 2.00 e. The van der Waals surface area contributed by atoms with Gasteiger partial charge in [0.1, 0.15) is 0 Å². The van der Waals surface area contributed by atoms with Crippen LogP contribution in [-0.4, -0.2) is 0 Å². The maximum absolute atomic E-state index is 3.60. The van der Waals surface area contributed by atoms with Gasteiger partial charge in [0.15, 0.2) is 0 Å². The van der Waals surface area contributed by atoms with Crippen molar-refractivity contribution in [2.45, 2.75) is 39.5 Å². The van der Waals surface area contributed by atoms with Gasteiger partial charge in [0, 0.05) is 0 Å². The minimum atomic E-state index is 0. The molecule has 0 radical (unpaired) electrons. The number of hydrogen-bond acceptors (Lipinski definition) is 0. The van der Waals surface area contributed by atoms with Crippen LogP contribution in [0.25, 0.3) is 0 Å². The van der Waals surface area contributed by atoms with Crippen molar-refractivity contribution < 1.29 is 19.5 Å². The van der Waals surface area contributed by atoms with E-state index in [9.17, 15) is 0 Å². The molecule has 0 saturated heterocycles. The van der Waals surface area contributed by atoms with Gasteiger partial charge in [-0.2, -0.15) is 12.8 Å². The summed E-state index contributed by atoms with van der Waals surface area (Å²) in [4.78, 5) is 0. The third-order valence-electron chi connectivity index (χ3n) is 0.707. The third kappa shape index (κ3) is 55.0. The smallest absolute Gasteiger partial charge is 0.343 e. The second-order valence-electron chi connectivity index (χ2n) is 1.71. The molecule has 0 aliphatic heterocycles. The van der Waals surface area contributed by atoms with E-state index in [-0.39, 0.29) is 19.5 Å². The summed E-state index contributed by atoms with van der Waals surface area (Å²) in [5.74, 6) is 0. The second-order valence-corrected chi connectivity index (χ2v) is 1.71. The number of unbranched alkanes of at least 4 members (excludes halogenated alkanes) is 2. The summed E-state index contributed by atoms with van der Waals surface area (Å²) in [7, 11) is 0. The second kappa shape index (κ2) is 23.4. The van der Waals surface area contributed by atoms with Gasteiger partial charge >= 0.3 is 19.5 Å². The molecule has 0 atom stereocenters. The third-order valence-corrected chi connectivity index (χ3v) is 0.707. The molecule has 1 heteroatoms. The SMILES string of the molecule is [CH2-]CCC.[CH2-]CCC.[Ru+2]. The van der Waals surface area contributed by atoms with E-state index in [1.807, 2.05) is 0 Å². The molecule has 0 nitrogen and oxygen atoms in total. The first kappa shape index (κ1) is 16.3. The topological polar surface area (TPSA) is 0 Å². The molecule has 0 amide bonds. The molecular formula is C8H18Ru. The fourth-order valence-electron chi connectivity index (χ4n) is 0. The molecule has 0 aromatic heterocycles. The summed E-state index contributed by atoms with van der Waals surface area (Å²) >= 11 is 0. The first-order valence-electron chi connectivity index (χ1n) is 3.41. The Bertz CT molecular complexity index is 12.5. The van der Waals surface area contributed by atoms with Crippen LogP contribution in [0, 0.1) is 13.8 Å². The van der Waals surface area contributed by atoms with Gasteiger partial charge in [-0.1, -0.05) is 26.7 Å². The zero-order valence-electron chi connectivity index (χ0n) is 6.60. The molecule has 0 bridgehead atoms. The van der Waals surface area contributed by atoms with Gasteiger partial charge < -0.3 is 13.8 Å². The molecule has 58 valence electrons. The minimum Gasteiger partial charge on any atom is -0.343 e. The van der Waals surface area contributed by atoms with Crippen molar-refractivity contribution in [1.82, 2.24) is 0 Å². The Morgan fingerprint density at radius 1 is 0.889 bits per heavy atom. The van der Waals surface area contributed by atoms with Gasteiger partial charge in [-0.25, -0.2) is 0 Å². The molecule has 0 saturated carbocycles. The molecule has 9 heavy (non-hydrogen) atoms. The molecule has 0 fully saturated rings. The largest absolute Gasteiger partial charge is 2.00 e. The summed E-state index contributed by atoms with van der Waals surface area (Å²) < 4.78 is 0. The van der Waals surface area contributed by atoms with Crippen LogP contribution >= 0.6 is 0 Å². The summed E-state index contributed by atoms with van der Waals surface area (Å²) in [5, 5.41) is 0. The van der Waals surface area contributed by atoms with Crippen LogP contribution < -0.4 is 0 Å². The Morgan fingerprint density at radius 3 is 1.00 bits per heavy atom. The Kier molecular flexibility index (Phi) is 42.5. The van der Waals surface area contributed by atoms with Gasteiger partial charge in [0.05, 0.1) is 0 Å². The Balaban J connectivity index is -0.0000000720. The van der Waals surface area contributed by atoms with Gasteiger partial charge in [0.2, 0.25) is 0 Å². The zero-order valence-corrected chi connectivity index (χ0v) is 8.33. The van der Waals surface area contributed by atoms with E-state index in [1.165, 1.54) is 12.8 Å². The van der Waals surface area contributed by atoms with Gasteiger partial charge in [-0.3, -0.25) is 0 Å². The Labute approximate surface area is 73.2 Å². The van der Waals surface area contributed by atoms with E-state index in [0.717, 1.165) is 12.8 Å². The monoisotopic (exact) mass is 216 g/mol. The molecular weight excluding hydrogens is 197 g/mol. The van der Waals surface area contributed by atoms with Crippen molar-refractivity contribution in [3.05, 3.63) is 13.8 Å². The first-order chi connectivity index (χ1) is 3.83. The van der Waals surface area contributed by atoms with Crippen LogP contribution in [0.2, 0.25) is 0 Å². The fraction of sp³-hybridized carbons (Fsp3) is 0.750. The zero-order chi connectivity index (χ0) is 6.83.